The first-order valence-corrected chi connectivity index (χ1v) is 5.58. The van der Waals surface area contributed by atoms with Crippen LogP contribution in [0.2, 0.25) is 0 Å². The van der Waals surface area contributed by atoms with Gasteiger partial charge in [-0.25, -0.2) is 0 Å². The minimum Gasteiger partial charge on any atom is -0.302 e. The first kappa shape index (κ1) is 8.21. The van der Waals surface area contributed by atoms with Crippen molar-refractivity contribution in [3.63, 3.8) is 0 Å². The minimum absolute atomic E-state index is 0.267. The highest BCUT2D eigenvalue weighted by molar-refractivity contribution is 7.86. The first-order valence-electron chi connectivity index (χ1n) is 4.09. The van der Waals surface area contributed by atoms with Gasteiger partial charge in [0.05, 0.1) is 6.07 Å². The van der Waals surface area contributed by atoms with Crippen LogP contribution >= 0.6 is 0 Å². The number of hydrogen-bond acceptors (Lipinski definition) is 3. The van der Waals surface area contributed by atoms with E-state index in [1.807, 2.05) is 7.05 Å². The van der Waals surface area contributed by atoms with E-state index in [1.54, 1.807) is 0 Å². The number of rotatable bonds is 1. The Bertz CT molecular complexity index is 265. The second-order valence-electron chi connectivity index (χ2n) is 4.03. The standard InChI is InChI=1S/C8H12N2OS/c1-10-8(4-9)2-7(3-8)5-12(11)6-7/h10H,2-3,5-6H2,1H3. The fourth-order valence-electron chi connectivity index (χ4n) is 2.39. The lowest BCUT2D eigenvalue weighted by molar-refractivity contribution is 0.0757. The van der Waals surface area contributed by atoms with Gasteiger partial charge in [-0.3, -0.25) is 4.21 Å². The van der Waals surface area contributed by atoms with Crippen LogP contribution in [0.25, 0.3) is 0 Å². The molecule has 1 spiro atoms. The van der Waals surface area contributed by atoms with Crippen LogP contribution in [0, 0.1) is 16.7 Å². The summed E-state index contributed by atoms with van der Waals surface area (Å²) >= 11 is 0. The summed E-state index contributed by atoms with van der Waals surface area (Å²) in [5.41, 5.74) is -0.0335. The van der Waals surface area contributed by atoms with Crippen molar-refractivity contribution >= 4 is 10.8 Å². The molecule has 2 rings (SSSR count). The smallest absolute Gasteiger partial charge is 0.107 e. The highest BCUT2D eigenvalue weighted by Crippen LogP contribution is 2.53. The zero-order valence-corrected chi connectivity index (χ0v) is 7.91. The summed E-state index contributed by atoms with van der Waals surface area (Å²) in [5.74, 6) is 1.64. The molecule has 0 bridgehead atoms. The average molecular weight is 184 g/mol. The molecule has 1 N–H and O–H groups in total. The van der Waals surface area contributed by atoms with Crippen molar-refractivity contribution in [1.82, 2.24) is 5.32 Å². The van der Waals surface area contributed by atoms with Crippen LogP contribution in [-0.2, 0) is 10.8 Å². The van der Waals surface area contributed by atoms with Gasteiger partial charge in [-0.2, -0.15) is 5.26 Å². The van der Waals surface area contributed by atoms with Gasteiger partial charge < -0.3 is 5.32 Å². The Morgan fingerprint density at radius 3 is 2.42 bits per heavy atom. The molecular weight excluding hydrogens is 172 g/mol. The quantitative estimate of drug-likeness (QED) is 0.624. The monoisotopic (exact) mass is 184 g/mol. The van der Waals surface area contributed by atoms with Gasteiger partial charge in [-0.05, 0) is 25.3 Å². The maximum absolute atomic E-state index is 10.9. The molecule has 2 aliphatic rings. The van der Waals surface area contributed by atoms with Gasteiger partial charge in [0.2, 0.25) is 0 Å². The normalized spacial score (nSPS) is 50.8. The van der Waals surface area contributed by atoms with Crippen LogP contribution in [0.15, 0.2) is 0 Å². The maximum atomic E-state index is 10.9. The summed E-state index contributed by atoms with van der Waals surface area (Å²) in [6.07, 6.45) is 1.78. The van der Waals surface area contributed by atoms with E-state index < -0.39 is 10.8 Å². The highest BCUT2D eigenvalue weighted by Gasteiger charge is 2.59. The second kappa shape index (κ2) is 2.30. The second-order valence-corrected chi connectivity index (χ2v) is 5.48. The third-order valence-corrected chi connectivity index (χ3v) is 4.85. The lowest BCUT2D eigenvalue weighted by Crippen LogP contribution is -2.66. The van der Waals surface area contributed by atoms with Crippen molar-refractivity contribution in [2.24, 2.45) is 5.41 Å². The molecule has 1 aliphatic carbocycles. The molecule has 66 valence electrons. The van der Waals surface area contributed by atoms with Crippen LogP contribution in [-0.4, -0.2) is 28.3 Å². The highest BCUT2D eigenvalue weighted by atomic mass is 32.2. The lowest BCUT2D eigenvalue weighted by atomic mass is 9.59. The Kier molecular flexibility index (Phi) is 1.57. The maximum Gasteiger partial charge on any atom is 0.107 e. The molecule has 0 atom stereocenters. The minimum atomic E-state index is -0.584. The fourth-order valence-corrected chi connectivity index (χ4v) is 4.07. The lowest BCUT2D eigenvalue weighted by Gasteiger charge is -2.56. The number of nitriles is 1. The molecule has 1 saturated carbocycles. The van der Waals surface area contributed by atoms with Crippen LogP contribution in [0.4, 0.5) is 0 Å². The largest absolute Gasteiger partial charge is 0.302 e. The Balaban J connectivity index is 1.99. The van der Waals surface area contributed by atoms with Gasteiger partial charge in [0.15, 0.2) is 0 Å². The predicted molar refractivity (Wildman–Crippen MR) is 46.9 cm³/mol. The van der Waals surface area contributed by atoms with Crippen molar-refractivity contribution in [2.45, 2.75) is 18.4 Å². The van der Waals surface area contributed by atoms with Gasteiger partial charge in [0, 0.05) is 22.3 Å². The number of nitrogens with one attached hydrogen (secondary N) is 1. The van der Waals surface area contributed by atoms with E-state index in [0.29, 0.717) is 0 Å². The van der Waals surface area contributed by atoms with E-state index in [9.17, 15) is 4.21 Å². The van der Waals surface area contributed by atoms with Crippen molar-refractivity contribution in [2.75, 3.05) is 18.6 Å². The van der Waals surface area contributed by atoms with Crippen molar-refractivity contribution in [3.05, 3.63) is 0 Å². The topological polar surface area (TPSA) is 52.9 Å². The summed E-state index contributed by atoms with van der Waals surface area (Å²) in [7, 11) is 1.24. The van der Waals surface area contributed by atoms with E-state index >= 15 is 0 Å². The summed E-state index contributed by atoms with van der Waals surface area (Å²) in [4.78, 5) is 0. The van der Waals surface area contributed by atoms with Crippen LogP contribution in [0.1, 0.15) is 12.8 Å². The Labute approximate surface area is 74.6 Å². The Morgan fingerprint density at radius 1 is 1.50 bits per heavy atom. The van der Waals surface area contributed by atoms with Crippen molar-refractivity contribution in [1.29, 1.82) is 5.26 Å². The molecule has 1 aliphatic heterocycles. The van der Waals surface area contributed by atoms with Gasteiger partial charge in [-0.1, -0.05) is 0 Å². The summed E-state index contributed by atoms with van der Waals surface area (Å²) in [6.45, 7) is 0. The van der Waals surface area contributed by atoms with Gasteiger partial charge in [0.25, 0.3) is 0 Å². The molecule has 4 heteroatoms. The summed E-state index contributed by atoms with van der Waals surface area (Å²) in [5, 5.41) is 11.9. The van der Waals surface area contributed by atoms with Crippen molar-refractivity contribution in [3.8, 4) is 6.07 Å². The average Bonchev–Trinajstić information content (AvgIpc) is 1.94. The molecule has 0 aromatic heterocycles. The van der Waals surface area contributed by atoms with Crippen LogP contribution < -0.4 is 5.32 Å². The van der Waals surface area contributed by atoms with Crippen molar-refractivity contribution < 1.29 is 4.21 Å². The molecule has 0 radical (unpaired) electrons. The molecule has 1 saturated heterocycles. The van der Waals surface area contributed by atoms with Gasteiger partial charge in [-0.15, -0.1) is 0 Å². The third-order valence-electron chi connectivity index (χ3n) is 2.98. The van der Waals surface area contributed by atoms with Gasteiger partial charge in [0.1, 0.15) is 5.54 Å². The SMILES string of the molecule is CNC1(C#N)CC2(CS(=O)C2)C1. The Hall–Kier alpha value is -0.400. The first-order chi connectivity index (χ1) is 5.64. The molecule has 0 aromatic rings. The molecule has 2 fully saturated rings. The van der Waals surface area contributed by atoms with Gasteiger partial charge >= 0.3 is 0 Å². The molecule has 0 amide bonds. The predicted octanol–water partition coefficient (Wildman–Crippen LogP) is 0.0107. The fraction of sp³-hybridized carbons (Fsp3) is 0.875. The molecule has 0 aromatic carbocycles. The molecule has 12 heavy (non-hydrogen) atoms. The van der Waals surface area contributed by atoms with Crippen LogP contribution in [0.5, 0.6) is 0 Å². The molecule has 3 nitrogen and oxygen atoms in total. The van der Waals surface area contributed by atoms with Crippen LogP contribution in [0.3, 0.4) is 0 Å². The molecule has 0 unspecified atom stereocenters. The molecule has 1 heterocycles. The number of hydrogen-bond donors (Lipinski definition) is 1. The summed E-state index contributed by atoms with van der Waals surface area (Å²) in [6, 6.07) is 2.29. The molecular formula is C8H12N2OS. The van der Waals surface area contributed by atoms with E-state index in [-0.39, 0.29) is 11.0 Å². The van der Waals surface area contributed by atoms with E-state index in [1.165, 1.54) is 0 Å². The number of nitrogens with zero attached hydrogens (tertiary/aromatic N) is 1. The van der Waals surface area contributed by atoms with E-state index in [2.05, 4.69) is 11.4 Å². The van der Waals surface area contributed by atoms with E-state index in [4.69, 9.17) is 5.26 Å². The summed E-state index contributed by atoms with van der Waals surface area (Å²) < 4.78 is 10.9. The zero-order chi connectivity index (χ0) is 8.82. The Morgan fingerprint density at radius 2 is 2.08 bits per heavy atom. The zero-order valence-electron chi connectivity index (χ0n) is 7.09. The van der Waals surface area contributed by atoms with E-state index in [0.717, 1.165) is 24.3 Å². The third kappa shape index (κ3) is 0.932.